The number of rotatable bonds is 5. The predicted octanol–water partition coefficient (Wildman–Crippen LogP) is 3.63. The van der Waals surface area contributed by atoms with Gasteiger partial charge in [-0.05, 0) is 25.5 Å². The van der Waals surface area contributed by atoms with Crippen molar-refractivity contribution in [1.29, 1.82) is 0 Å². The summed E-state index contributed by atoms with van der Waals surface area (Å²) in [4.78, 5) is 15.0. The summed E-state index contributed by atoms with van der Waals surface area (Å²) in [5, 5.41) is 10.2. The van der Waals surface area contributed by atoms with Gasteiger partial charge >= 0.3 is 5.97 Å². The Morgan fingerprint density at radius 3 is 2.85 bits per heavy atom. The van der Waals surface area contributed by atoms with Gasteiger partial charge in [-0.1, -0.05) is 41.6 Å². The number of hydrogen-bond donors (Lipinski definition) is 1. The third-order valence-electron chi connectivity index (χ3n) is 3.02. The van der Waals surface area contributed by atoms with Crippen molar-refractivity contribution >= 4 is 29.3 Å². The average Bonchev–Trinajstić information content (AvgIpc) is 2.77. The zero-order valence-electron chi connectivity index (χ0n) is 11.2. The predicted molar refractivity (Wildman–Crippen MR) is 80.6 cm³/mol. The van der Waals surface area contributed by atoms with Crippen molar-refractivity contribution in [3.63, 3.8) is 0 Å². The maximum absolute atomic E-state index is 10.7. The second-order valence-corrected chi connectivity index (χ2v) is 5.78. The maximum atomic E-state index is 10.7. The van der Waals surface area contributed by atoms with Crippen molar-refractivity contribution in [2.24, 2.45) is 0 Å². The van der Waals surface area contributed by atoms with Gasteiger partial charge in [0.05, 0.1) is 11.8 Å². The number of benzene rings is 1. The Bertz CT molecular complexity index is 627. The number of carboxylic acids is 1. The number of carbonyl (C=O) groups is 1. The molecular weight excluding hydrogens is 296 g/mol. The molecule has 4 nitrogen and oxygen atoms in total. The van der Waals surface area contributed by atoms with Crippen LogP contribution in [-0.2, 0) is 4.79 Å². The fourth-order valence-corrected chi connectivity index (χ4v) is 3.20. The van der Waals surface area contributed by atoms with Gasteiger partial charge in [0.2, 0.25) is 0 Å². The molecule has 0 aliphatic heterocycles. The van der Waals surface area contributed by atoms with Crippen molar-refractivity contribution in [3.8, 4) is 0 Å². The van der Waals surface area contributed by atoms with Gasteiger partial charge in [-0.25, -0.2) is 4.98 Å². The van der Waals surface area contributed by atoms with Crippen molar-refractivity contribution in [2.45, 2.75) is 25.0 Å². The molecule has 0 bridgehead atoms. The van der Waals surface area contributed by atoms with E-state index in [1.807, 2.05) is 42.7 Å². The van der Waals surface area contributed by atoms with Crippen molar-refractivity contribution < 1.29 is 9.90 Å². The van der Waals surface area contributed by atoms with E-state index >= 15 is 0 Å². The van der Waals surface area contributed by atoms with E-state index in [9.17, 15) is 4.79 Å². The van der Waals surface area contributed by atoms with Gasteiger partial charge in [0.1, 0.15) is 0 Å². The van der Waals surface area contributed by atoms with Crippen LogP contribution in [0.5, 0.6) is 0 Å². The molecule has 1 heterocycles. The van der Waals surface area contributed by atoms with Crippen LogP contribution in [0.15, 0.2) is 35.6 Å². The molecule has 0 saturated carbocycles. The molecule has 1 N–H and O–H groups in total. The molecule has 1 aromatic carbocycles. The van der Waals surface area contributed by atoms with Gasteiger partial charge in [-0.2, -0.15) is 0 Å². The van der Waals surface area contributed by atoms with Crippen LogP contribution >= 0.6 is 23.4 Å². The molecule has 0 spiro atoms. The number of imidazole rings is 1. The van der Waals surface area contributed by atoms with Crippen LogP contribution < -0.4 is 0 Å². The van der Waals surface area contributed by atoms with E-state index in [1.54, 1.807) is 6.20 Å². The van der Waals surface area contributed by atoms with Crippen LogP contribution in [0.2, 0.25) is 5.02 Å². The zero-order chi connectivity index (χ0) is 14.7. The molecule has 2 rings (SSSR count). The molecule has 1 unspecified atom stereocenters. The summed E-state index contributed by atoms with van der Waals surface area (Å²) >= 11 is 7.45. The Balaban J connectivity index is 2.34. The first-order chi connectivity index (χ1) is 9.50. The number of aliphatic carboxylic acids is 1. The summed E-state index contributed by atoms with van der Waals surface area (Å²) < 4.78 is 2.01. The maximum Gasteiger partial charge on any atom is 0.313 e. The van der Waals surface area contributed by atoms with E-state index in [1.165, 1.54) is 11.8 Å². The molecule has 1 atom stereocenters. The highest BCUT2D eigenvalue weighted by Crippen LogP contribution is 2.30. The molecule has 20 heavy (non-hydrogen) atoms. The fraction of sp³-hybridized carbons (Fsp3) is 0.286. The van der Waals surface area contributed by atoms with Gasteiger partial charge in [0.15, 0.2) is 5.16 Å². The van der Waals surface area contributed by atoms with Gasteiger partial charge in [0, 0.05) is 16.9 Å². The molecule has 2 aromatic rings. The minimum atomic E-state index is -0.854. The van der Waals surface area contributed by atoms with Crippen LogP contribution in [0, 0.1) is 6.92 Å². The van der Waals surface area contributed by atoms with E-state index in [0.29, 0.717) is 10.2 Å². The monoisotopic (exact) mass is 310 g/mol. The van der Waals surface area contributed by atoms with Crippen LogP contribution in [0.25, 0.3) is 0 Å². The van der Waals surface area contributed by atoms with E-state index in [0.717, 1.165) is 11.3 Å². The number of aryl methyl sites for hydroxylation is 1. The highest BCUT2D eigenvalue weighted by molar-refractivity contribution is 7.99. The van der Waals surface area contributed by atoms with E-state index in [-0.39, 0.29) is 11.8 Å². The lowest BCUT2D eigenvalue weighted by Gasteiger charge is -2.19. The molecular formula is C14H15ClN2O2S. The van der Waals surface area contributed by atoms with E-state index in [4.69, 9.17) is 16.7 Å². The third kappa shape index (κ3) is 3.16. The summed E-state index contributed by atoms with van der Waals surface area (Å²) in [6.07, 6.45) is 1.75. The lowest BCUT2D eigenvalue weighted by Crippen LogP contribution is -2.11. The number of carboxylic acid groups (broad SMARTS) is 1. The first-order valence-electron chi connectivity index (χ1n) is 6.13. The molecule has 0 saturated heterocycles. The largest absolute Gasteiger partial charge is 0.481 e. The first kappa shape index (κ1) is 14.9. The fourth-order valence-electron chi connectivity index (χ4n) is 2.08. The minimum absolute atomic E-state index is 0.00231. The quantitative estimate of drug-likeness (QED) is 0.857. The lowest BCUT2D eigenvalue weighted by molar-refractivity contribution is -0.133. The lowest BCUT2D eigenvalue weighted by atomic mass is 10.1. The molecule has 0 aliphatic carbocycles. The van der Waals surface area contributed by atoms with Gasteiger partial charge in [-0.15, -0.1) is 0 Å². The van der Waals surface area contributed by atoms with E-state index < -0.39 is 5.97 Å². The molecule has 106 valence electrons. The van der Waals surface area contributed by atoms with Crippen LogP contribution in [0.3, 0.4) is 0 Å². The Labute approximate surface area is 126 Å². The summed E-state index contributed by atoms with van der Waals surface area (Å²) in [6.45, 7) is 3.98. The molecule has 0 radical (unpaired) electrons. The van der Waals surface area contributed by atoms with Gasteiger partial charge < -0.3 is 9.67 Å². The first-order valence-corrected chi connectivity index (χ1v) is 7.50. The Morgan fingerprint density at radius 2 is 2.20 bits per heavy atom. The number of hydrogen-bond acceptors (Lipinski definition) is 3. The summed E-state index contributed by atoms with van der Waals surface area (Å²) in [6, 6.07) is 7.65. The normalized spacial score (nSPS) is 12.3. The van der Waals surface area contributed by atoms with Crippen LogP contribution in [0.4, 0.5) is 0 Å². The second kappa shape index (κ2) is 6.33. The standard InChI is InChI=1S/C14H15ClN2O2S/c1-9-7-16-14(20-8-13(18)19)17(9)10(2)11-5-3-4-6-12(11)15/h3-7,10H,8H2,1-2H3,(H,18,19). The Kier molecular flexibility index (Phi) is 4.73. The number of aromatic nitrogens is 2. The number of nitrogens with zero attached hydrogens (tertiary/aromatic N) is 2. The molecule has 0 fully saturated rings. The molecule has 6 heteroatoms. The van der Waals surface area contributed by atoms with E-state index in [2.05, 4.69) is 4.98 Å². The highest BCUT2D eigenvalue weighted by atomic mass is 35.5. The summed E-state index contributed by atoms with van der Waals surface area (Å²) in [5.41, 5.74) is 1.97. The third-order valence-corrected chi connectivity index (χ3v) is 4.31. The summed E-state index contributed by atoms with van der Waals surface area (Å²) in [7, 11) is 0. The van der Waals surface area contributed by atoms with Crippen LogP contribution in [0.1, 0.15) is 24.2 Å². The Hall–Kier alpha value is -1.46. The smallest absolute Gasteiger partial charge is 0.313 e. The highest BCUT2D eigenvalue weighted by Gasteiger charge is 2.18. The van der Waals surface area contributed by atoms with Crippen LogP contribution in [-0.4, -0.2) is 26.4 Å². The Morgan fingerprint density at radius 1 is 1.50 bits per heavy atom. The van der Waals surface area contributed by atoms with Crippen molar-refractivity contribution in [3.05, 3.63) is 46.7 Å². The number of halogens is 1. The average molecular weight is 311 g/mol. The molecule has 0 amide bonds. The van der Waals surface area contributed by atoms with Gasteiger partial charge in [-0.3, -0.25) is 4.79 Å². The summed E-state index contributed by atoms with van der Waals surface area (Å²) in [5.74, 6) is -0.862. The zero-order valence-corrected chi connectivity index (χ0v) is 12.8. The van der Waals surface area contributed by atoms with Gasteiger partial charge in [0.25, 0.3) is 0 Å². The molecule has 0 aliphatic rings. The second-order valence-electron chi connectivity index (χ2n) is 4.43. The minimum Gasteiger partial charge on any atom is -0.481 e. The van der Waals surface area contributed by atoms with Crippen molar-refractivity contribution in [2.75, 3.05) is 5.75 Å². The SMILES string of the molecule is Cc1cnc(SCC(=O)O)n1C(C)c1ccccc1Cl. The number of thioether (sulfide) groups is 1. The topological polar surface area (TPSA) is 55.1 Å². The van der Waals surface area contributed by atoms with Crippen molar-refractivity contribution in [1.82, 2.24) is 9.55 Å². The molecule has 1 aromatic heterocycles.